The Hall–Kier alpha value is -4.82. The smallest absolute Gasteiger partial charge is 0.255 e. The fourth-order valence-corrected chi connectivity index (χ4v) is 5.21. The van der Waals surface area contributed by atoms with E-state index in [2.05, 4.69) is 22.6 Å². The Balaban J connectivity index is 1.36. The molecule has 1 heterocycles. The fraction of sp³-hybridized carbons (Fsp3) is 0.257. The number of methoxy groups -OCH3 is 2. The number of carbonyl (C=O) groups excluding carboxylic acids is 2. The van der Waals surface area contributed by atoms with Gasteiger partial charge in [0.15, 0.2) is 0 Å². The predicted molar refractivity (Wildman–Crippen MR) is 170 cm³/mol. The normalized spacial score (nSPS) is 13.7. The Morgan fingerprint density at radius 1 is 0.744 bits per heavy atom. The molecule has 2 amide bonds. The summed E-state index contributed by atoms with van der Waals surface area (Å²) in [4.78, 5) is 27.8. The Morgan fingerprint density at radius 2 is 1.49 bits per heavy atom. The number of hydrogen-bond acceptors (Lipinski definition) is 6. The van der Waals surface area contributed by atoms with Crippen molar-refractivity contribution in [2.75, 3.05) is 45.0 Å². The van der Waals surface area contributed by atoms with Gasteiger partial charge in [-0.1, -0.05) is 30.3 Å². The van der Waals surface area contributed by atoms with E-state index in [1.54, 1.807) is 38.5 Å². The van der Waals surface area contributed by atoms with Crippen molar-refractivity contribution in [3.8, 4) is 39.5 Å². The molecule has 8 heteroatoms. The topological polar surface area (TPSA) is 89.1 Å². The van der Waals surface area contributed by atoms with Gasteiger partial charge < -0.3 is 29.7 Å². The molecule has 43 heavy (non-hydrogen) atoms. The van der Waals surface area contributed by atoms with Crippen LogP contribution in [-0.4, -0.2) is 57.2 Å². The maximum absolute atomic E-state index is 13.4. The first-order valence-electron chi connectivity index (χ1n) is 14.3. The van der Waals surface area contributed by atoms with Gasteiger partial charge >= 0.3 is 0 Å². The van der Waals surface area contributed by atoms with Crippen LogP contribution in [0.15, 0.2) is 84.9 Å². The van der Waals surface area contributed by atoms with Crippen molar-refractivity contribution in [1.29, 1.82) is 0 Å². The fourth-order valence-electron chi connectivity index (χ4n) is 5.21. The van der Waals surface area contributed by atoms with Crippen LogP contribution < -0.4 is 24.8 Å². The molecule has 4 aromatic rings. The zero-order valence-corrected chi connectivity index (χ0v) is 25.0. The number of piperidine rings is 1. The van der Waals surface area contributed by atoms with E-state index in [9.17, 15) is 9.59 Å². The van der Waals surface area contributed by atoms with Crippen LogP contribution in [0.5, 0.6) is 17.2 Å². The van der Waals surface area contributed by atoms with Crippen LogP contribution in [0.1, 0.15) is 30.1 Å². The highest BCUT2D eigenvalue weighted by Crippen LogP contribution is 2.34. The lowest BCUT2D eigenvalue weighted by atomic mass is 10.0. The zero-order valence-electron chi connectivity index (χ0n) is 25.0. The minimum Gasteiger partial charge on any atom is -0.497 e. The standard InChI is InChI=1S/C35H37N3O5/c1-23(39)36-33-22-25(24-8-12-28(13-9-24)43-29-16-18-38(2)19-17-29)10-14-32(33)37-35(40)27-11-15-34(42-4)31(21-27)26-6-5-7-30(20-26)41-3/h5-15,20-22,29H,16-19H2,1-4H3,(H,36,39)(H,37,40). The lowest BCUT2D eigenvalue weighted by molar-refractivity contribution is -0.114. The molecule has 4 aromatic carbocycles. The monoisotopic (exact) mass is 579 g/mol. The van der Waals surface area contributed by atoms with Crippen molar-refractivity contribution in [2.24, 2.45) is 0 Å². The summed E-state index contributed by atoms with van der Waals surface area (Å²) >= 11 is 0. The zero-order chi connectivity index (χ0) is 30.3. The molecule has 2 N–H and O–H groups in total. The van der Waals surface area contributed by atoms with Crippen LogP contribution in [0.2, 0.25) is 0 Å². The summed E-state index contributed by atoms with van der Waals surface area (Å²) in [5.74, 6) is 1.63. The van der Waals surface area contributed by atoms with Gasteiger partial charge in [0.25, 0.3) is 5.91 Å². The van der Waals surface area contributed by atoms with E-state index >= 15 is 0 Å². The third-order valence-electron chi connectivity index (χ3n) is 7.58. The molecule has 0 spiro atoms. The van der Waals surface area contributed by atoms with Crippen LogP contribution in [0, 0.1) is 0 Å². The molecule has 0 radical (unpaired) electrons. The van der Waals surface area contributed by atoms with Gasteiger partial charge in [-0.25, -0.2) is 0 Å². The summed E-state index contributed by atoms with van der Waals surface area (Å²) in [7, 11) is 5.34. The van der Waals surface area contributed by atoms with Crippen LogP contribution >= 0.6 is 0 Å². The summed E-state index contributed by atoms with van der Waals surface area (Å²) in [6, 6.07) is 26.4. The van der Waals surface area contributed by atoms with E-state index in [0.29, 0.717) is 28.4 Å². The van der Waals surface area contributed by atoms with E-state index in [1.165, 1.54) is 6.92 Å². The molecule has 1 aliphatic heterocycles. The molecule has 1 fully saturated rings. The third kappa shape index (κ3) is 7.34. The molecule has 0 saturated carbocycles. The second-order valence-electron chi connectivity index (χ2n) is 10.7. The van der Waals surface area contributed by atoms with E-state index < -0.39 is 0 Å². The molecule has 8 nitrogen and oxygen atoms in total. The summed E-state index contributed by atoms with van der Waals surface area (Å²) < 4.78 is 17.1. The van der Waals surface area contributed by atoms with Crippen LogP contribution in [-0.2, 0) is 4.79 Å². The number of benzene rings is 4. The molecule has 0 unspecified atom stereocenters. The highest BCUT2D eigenvalue weighted by atomic mass is 16.5. The molecule has 0 atom stereocenters. The predicted octanol–water partition coefficient (Wildman–Crippen LogP) is 6.72. The molecule has 0 bridgehead atoms. The number of likely N-dealkylation sites (tertiary alicyclic amines) is 1. The van der Waals surface area contributed by atoms with Gasteiger partial charge in [0.05, 0.1) is 25.6 Å². The van der Waals surface area contributed by atoms with E-state index in [0.717, 1.165) is 53.9 Å². The summed E-state index contributed by atoms with van der Waals surface area (Å²) in [5, 5.41) is 5.83. The van der Waals surface area contributed by atoms with Crippen molar-refractivity contribution in [2.45, 2.75) is 25.9 Å². The van der Waals surface area contributed by atoms with Crippen molar-refractivity contribution in [3.05, 3.63) is 90.5 Å². The van der Waals surface area contributed by atoms with Gasteiger partial charge in [0, 0.05) is 31.1 Å². The van der Waals surface area contributed by atoms with Crippen LogP contribution in [0.3, 0.4) is 0 Å². The quantitative estimate of drug-likeness (QED) is 0.229. The number of carbonyl (C=O) groups is 2. The average molecular weight is 580 g/mol. The highest BCUT2D eigenvalue weighted by molar-refractivity contribution is 6.08. The number of amides is 2. The highest BCUT2D eigenvalue weighted by Gasteiger charge is 2.18. The van der Waals surface area contributed by atoms with Gasteiger partial charge in [-0.05, 0) is 91.2 Å². The molecular weight excluding hydrogens is 542 g/mol. The molecule has 0 aromatic heterocycles. The van der Waals surface area contributed by atoms with Gasteiger partial charge in [0.1, 0.15) is 23.4 Å². The van der Waals surface area contributed by atoms with Crippen LogP contribution in [0.4, 0.5) is 11.4 Å². The largest absolute Gasteiger partial charge is 0.497 e. The Morgan fingerprint density at radius 3 is 2.19 bits per heavy atom. The van der Waals surface area contributed by atoms with Crippen molar-refractivity contribution >= 4 is 23.2 Å². The molecular formula is C35H37N3O5. The Kier molecular flexibility index (Phi) is 9.27. The first kappa shape index (κ1) is 29.7. The van der Waals surface area contributed by atoms with E-state index in [1.807, 2.05) is 60.7 Å². The first-order valence-corrected chi connectivity index (χ1v) is 14.3. The number of rotatable bonds is 9. The second-order valence-corrected chi connectivity index (χ2v) is 10.7. The van der Waals surface area contributed by atoms with Gasteiger partial charge in [-0.2, -0.15) is 0 Å². The van der Waals surface area contributed by atoms with Crippen LogP contribution in [0.25, 0.3) is 22.3 Å². The summed E-state index contributed by atoms with van der Waals surface area (Å²) in [5.41, 5.74) is 4.93. The van der Waals surface area contributed by atoms with Crippen molar-refractivity contribution < 1.29 is 23.8 Å². The lowest BCUT2D eigenvalue weighted by Gasteiger charge is -2.29. The number of nitrogens with one attached hydrogen (secondary N) is 2. The number of hydrogen-bond donors (Lipinski definition) is 2. The maximum atomic E-state index is 13.4. The maximum Gasteiger partial charge on any atom is 0.255 e. The van der Waals surface area contributed by atoms with Gasteiger partial charge in [0.2, 0.25) is 5.91 Å². The Bertz CT molecular complexity index is 1590. The SMILES string of the molecule is COc1cccc(-c2cc(C(=O)Nc3ccc(-c4ccc(OC5CCN(C)CC5)cc4)cc3NC(C)=O)ccc2OC)c1. The lowest BCUT2D eigenvalue weighted by Crippen LogP contribution is -2.35. The van der Waals surface area contributed by atoms with Crippen molar-refractivity contribution in [3.63, 3.8) is 0 Å². The van der Waals surface area contributed by atoms with E-state index in [-0.39, 0.29) is 17.9 Å². The molecule has 5 rings (SSSR count). The molecule has 222 valence electrons. The first-order chi connectivity index (χ1) is 20.8. The van der Waals surface area contributed by atoms with Crippen molar-refractivity contribution in [1.82, 2.24) is 4.90 Å². The van der Waals surface area contributed by atoms with Gasteiger partial charge in [-0.3, -0.25) is 9.59 Å². The molecule has 0 aliphatic carbocycles. The Labute approximate surface area is 252 Å². The minimum absolute atomic E-state index is 0.230. The second kappa shape index (κ2) is 13.4. The molecule has 1 aliphatic rings. The molecule has 1 saturated heterocycles. The number of nitrogens with zero attached hydrogens (tertiary/aromatic N) is 1. The number of anilines is 2. The van der Waals surface area contributed by atoms with E-state index in [4.69, 9.17) is 14.2 Å². The minimum atomic E-state index is -0.318. The summed E-state index contributed by atoms with van der Waals surface area (Å²) in [6.07, 6.45) is 2.27. The number of ether oxygens (including phenoxy) is 3. The van der Waals surface area contributed by atoms with Gasteiger partial charge in [-0.15, -0.1) is 0 Å². The average Bonchev–Trinajstić information content (AvgIpc) is 3.02. The third-order valence-corrected chi connectivity index (χ3v) is 7.58. The summed E-state index contributed by atoms with van der Waals surface area (Å²) in [6.45, 7) is 3.52.